The maximum Gasteiger partial charge on any atom is 0.262 e. The van der Waals surface area contributed by atoms with Gasteiger partial charge in [-0.1, -0.05) is 13.8 Å². The third-order valence-corrected chi connectivity index (χ3v) is 6.53. The maximum absolute atomic E-state index is 12.7. The molecule has 0 aromatic carbocycles. The van der Waals surface area contributed by atoms with Crippen molar-refractivity contribution in [2.45, 2.75) is 37.7 Å². The highest BCUT2D eigenvalue weighted by Gasteiger charge is 2.32. The summed E-state index contributed by atoms with van der Waals surface area (Å²) in [4.78, 5) is 12.5. The molecule has 2 heterocycles. The molecule has 6 nitrogen and oxygen atoms in total. The summed E-state index contributed by atoms with van der Waals surface area (Å²) < 4.78 is 26.7. The Morgan fingerprint density at radius 1 is 1.45 bits per heavy atom. The van der Waals surface area contributed by atoms with E-state index >= 15 is 0 Å². The van der Waals surface area contributed by atoms with E-state index in [0.717, 1.165) is 11.3 Å². The fourth-order valence-corrected chi connectivity index (χ4v) is 5.05. The third kappa shape index (κ3) is 3.87. The standard InChI is InChI=1S/C14H22N2O4S2/c1-10(2)9-15-14(18)13-12(5-8-21-13)22(19,20)16-6-3-11(17)4-7-16/h5,8,10-11,17H,3-4,6-7,9H2,1-2H3,(H,15,18). The van der Waals surface area contributed by atoms with E-state index in [1.54, 1.807) is 5.38 Å². The second-order valence-corrected chi connectivity index (χ2v) is 8.68. The second kappa shape index (κ2) is 7.08. The monoisotopic (exact) mass is 346 g/mol. The van der Waals surface area contributed by atoms with Crippen molar-refractivity contribution in [1.82, 2.24) is 9.62 Å². The van der Waals surface area contributed by atoms with Gasteiger partial charge in [0.1, 0.15) is 9.77 Å². The summed E-state index contributed by atoms with van der Waals surface area (Å²) in [5.41, 5.74) is 0. The van der Waals surface area contributed by atoms with Crippen LogP contribution in [0.4, 0.5) is 0 Å². The lowest BCUT2D eigenvalue weighted by Gasteiger charge is -2.28. The Kier molecular flexibility index (Phi) is 5.60. The van der Waals surface area contributed by atoms with Crippen LogP contribution in [0.1, 0.15) is 36.4 Å². The number of aliphatic hydroxyl groups excluding tert-OH is 1. The van der Waals surface area contributed by atoms with Crippen LogP contribution in [0.3, 0.4) is 0 Å². The van der Waals surface area contributed by atoms with Gasteiger partial charge in [0.2, 0.25) is 10.0 Å². The zero-order chi connectivity index (χ0) is 16.3. The molecule has 1 amide bonds. The average Bonchev–Trinajstić information content (AvgIpc) is 2.95. The molecule has 0 saturated carbocycles. The van der Waals surface area contributed by atoms with Gasteiger partial charge in [-0.15, -0.1) is 11.3 Å². The smallest absolute Gasteiger partial charge is 0.262 e. The van der Waals surface area contributed by atoms with Crippen molar-refractivity contribution in [1.29, 1.82) is 0 Å². The SMILES string of the molecule is CC(C)CNC(=O)c1sccc1S(=O)(=O)N1CCC(O)CC1. The van der Waals surface area contributed by atoms with Gasteiger partial charge in [-0.25, -0.2) is 8.42 Å². The lowest BCUT2D eigenvalue weighted by atomic mass is 10.1. The van der Waals surface area contributed by atoms with Gasteiger partial charge in [0, 0.05) is 19.6 Å². The molecule has 0 unspecified atom stereocenters. The van der Waals surface area contributed by atoms with E-state index in [1.807, 2.05) is 13.8 Å². The number of hydrogen-bond donors (Lipinski definition) is 2. The van der Waals surface area contributed by atoms with E-state index in [4.69, 9.17) is 0 Å². The first-order valence-electron chi connectivity index (χ1n) is 7.36. The number of carbonyl (C=O) groups is 1. The Labute approximate surface area is 135 Å². The number of thiophene rings is 1. The highest BCUT2D eigenvalue weighted by Crippen LogP contribution is 2.27. The normalized spacial score (nSPS) is 17.8. The fraction of sp³-hybridized carbons (Fsp3) is 0.643. The number of amides is 1. The molecule has 1 aliphatic rings. The molecule has 0 bridgehead atoms. The molecular formula is C14H22N2O4S2. The minimum atomic E-state index is -3.68. The molecule has 1 saturated heterocycles. The minimum Gasteiger partial charge on any atom is -0.393 e. The van der Waals surface area contributed by atoms with Crippen LogP contribution in [0.25, 0.3) is 0 Å². The number of sulfonamides is 1. The van der Waals surface area contributed by atoms with Gasteiger partial charge >= 0.3 is 0 Å². The molecule has 0 spiro atoms. The topological polar surface area (TPSA) is 86.7 Å². The quantitative estimate of drug-likeness (QED) is 0.841. The van der Waals surface area contributed by atoms with Gasteiger partial charge in [0.25, 0.3) is 5.91 Å². The number of aliphatic hydroxyl groups is 1. The summed E-state index contributed by atoms with van der Waals surface area (Å²) in [7, 11) is -3.68. The van der Waals surface area contributed by atoms with Crippen LogP contribution >= 0.6 is 11.3 Å². The van der Waals surface area contributed by atoms with E-state index < -0.39 is 16.1 Å². The molecule has 1 aromatic rings. The predicted octanol–water partition coefficient (Wildman–Crippen LogP) is 1.28. The molecule has 2 N–H and O–H groups in total. The van der Waals surface area contributed by atoms with Crippen molar-refractivity contribution in [3.63, 3.8) is 0 Å². The molecule has 2 rings (SSSR count). The zero-order valence-electron chi connectivity index (χ0n) is 12.8. The van der Waals surface area contributed by atoms with E-state index in [1.165, 1.54) is 10.4 Å². The Balaban J connectivity index is 2.18. The molecule has 1 aromatic heterocycles. The molecule has 1 fully saturated rings. The Morgan fingerprint density at radius 3 is 2.68 bits per heavy atom. The largest absolute Gasteiger partial charge is 0.393 e. The van der Waals surface area contributed by atoms with Crippen molar-refractivity contribution in [2.24, 2.45) is 5.92 Å². The van der Waals surface area contributed by atoms with Crippen molar-refractivity contribution in [3.05, 3.63) is 16.3 Å². The van der Waals surface area contributed by atoms with E-state index in [-0.39, 0.29) is 28.8 Å². The first-order valence-corrected chi connectivity index (χ1v) is 9.68. The van der Waals surface area contributed by atoms with E-state index in [2.05, 4.69) is 5.32 Å². The van der Waals surface area contributed by atoms with Crippen LogP contribution < -0.4 is 5.32 Å². The molecule has 0 aliphatic carbocycles. The summed E-state index contributed by atoms with van der Waals surface area (Å²) in [5, 5.41) is 13.9. The maximum atomic E-state index is 12.7. The molecule has 22 heavy (non-hydrogen) atoms. The highest BCUT2D eigenvalue weighted by molar-refractivity contribution is 7.89. The molecule has 8 heteroatoms. The molecule has 1 aliphatic heterocycles. The summed E-state index contributed by atoms with van der Waals surface area (Å²) in [6.07, 6.45) is 0.416. The van der Waals surface area contributed by atoms with Crippen molar-refractivity contribution >= 4 is 27.3 Å². The fourth-order valence-electron chi connectivity index (χ4n) is 2.26. The van der Waals surface area contributed by atoms with Crippen LogP contribution in [-0.2, 0) is 10.0 Å². The summed E-state index contributed by atoms with van der Waals surface area (Å²) in [6.45, 7) is 5.03. The first-order chi connectivity index (χ1) is 10.3. The van der Waals surface area contributed by atoms with Gasteiger partial charge < -0.3 is 10.4 Å². The van der Waals surface area contributed by atoms with Crippen LogP contribution in [0.5, 0.6) is 0 Å². The molecular weight excluding hydrogens is 324 g/mol. The summed E-state index contributed by atoms with van der Waals surface area (Å²) >= 11 is 1.13. The predicted molar refractivity (Wildman–Crippen MR) is 85.5 cm³/mol. The van der Waals surface area contributed by atoms with Crippen molar-refractivity contribution in [2.75, 3.05) is 19.6 Å². The van der Waals surface area contributed by atoms with Crippen LogP contribution in [-0.4, -0.2) is 49.5 Å². The Hall–Kier alpha value is -0.960. The number of nitrogens with zero attached hydrogens (tertiary/aromatic N) is 1. The molecule has 0 radical (unpaired) electrons. The number of piperidine rings is 1. The highest BCUT2D eigenvalue weighted by atomic mass is 32.2. The molecule has 0 atom stereocenters. The average molecular weight is 346 g/mol. The Bertz CT molecular complexity index is 617. The lowest BCUT2D eigenvalue weighted by molar-refractivity contribution is 0.0948. The summed E-state index contributed by atoms with van der Waals surface area (Å²) in [6, 6.07) is 1.48. The Morgan fingerprint density at radius 2 is 2.09 bits per heavy atom. The van der Waals surface area contributed by atoms with Crippen molar-refractivity contribution in [3.8, 4) is 0 Å². The van der Waals surface area contributed by atoms with Crippen LogP contribution in [0, 0.1) is 5.92 Å². The van der Waals surface area contributed by atoms with Crippen molar-refractivity contribution < 1.29 is 18.3 Å². The van der Waals surface area contributed by atoms with Gasteiger partial charge in [-0.2, -0.15) is 4.31 Å². The van der Waals surface area contributed by atoms with Gasteiger partial charge in [0.05, 0.1) is 6.10 Å². The number of hydrogen-bond acceptors (Lipinski definition) is 5. The summed E-state index contributed by atoms with van der Waals surface area (Å²) in [5.74, 6) is -0.0492. The van der Waals surface area contributed by atoms with Crippen LogP contribution in [0.15, 0.2) is 16.3 Å². The van der Waals surface area contributed by atoms with Gasteiger partial charge in [0.15, 0.2) is 0 Å². The first kappa shape index (κ1) is 17.4. The zero-order valence-corrected chi connectivity index (χ0v) is 14.4. The molecule has 124 valence electrons. The number of nitrogens with one attached hydrogen (secondary N) is 1. The third-order valence-electron chi connectivity index (χ3n) is 3.55. The minimum absolute atomic E-state index is 0.0649. The van der Waals surface area contributed by atoms with Gasteiger partial charge in [-0.05, 0) is 30.2 Å². The number of rotatable bonds is 5. The second-order valence-electron chi connectivity index (χ2n) is 5.85. The number of carbonyl (C=O) groups excluding carboxylic acids is 1. The van der Waals surface area contributed by atoms with Crippen LogP contribution in [0.2, 0.25) is 0 Å². The lowest BCUT2D eigenvalue weighted by Crippen LogP contribution is -2.40. The van der Waals surface area contributed by atoms with Gasteiger partial charge in [-0.3, -0.25) is 4.79 Å². The van der Waals surface area contributed by atoms with E-state index in [0.29, 0.717) is 25.3 Å². The van der Waals surface area contributed by atoms with E-state index in [9.17, 15) is 18.3 Å².